The second kappa shape index (κ2) is 6.70. The smallest absolute Gasteiger partial charge is 0.253 e. The number of carbonyl (C=O) groups excluding carboxylic acids is 2. The highest BCUT2D eigenvalue weighted by Gasteiger charge is 2.17. The van der Waals surface area contributed by atoms with Crippen LogP contribution in [0.5, 0.6) is 0 Å². The van der Waals surface area contributed by atoms with Gasteiger partial charge in [-0.15, -0.1) is 0 Å². The summed E-state index contributed by atoms with van der Waals surface area (Å²) in [7, 11) is 3.93. The average molecular weight is 305 g/mol. The molecular formula is C16H20FN3O2. The van der Waals surface area contributed by atoms with Crippen molar-refractivity contribution < 1.29 is 14.0 Å². The monoisotopic (exact) mass is 305 g/mol. The zero-order valence-electron chi connectivity index (χ0n) is 13.0. The molecule has 0 bridgehead atoms. The first kappa shape index (κ1) is 16.2. The molecule has 1 aromatic heterocycles. The molecule has 1 N–H and O–H groups in total. The summed E-state index contributed by atoms with van der Waals surface area (Å²) in [6.07, 6.45) is 2.28. The van der Waals surface area contributed by atoms with Crippen molar-refractivity contribution in [2.45, 2.75) is 13.3 Å². The van der Waals surface area contributed by atoms with Crippen molar-refractivity contribution in [2.75, 3.05) is 27.2 Å². The van der Waals surface area contributed by atoms with Crippen LogP contribution in [-0.2, 0) is 0 Å². The lowest BCUT2D eigenvalue weighted by molar-refractivity contribution is 0.0941. The molecule has 5 nitrogen and oxygen atoms in total. The highest BCUT2D eigenvalue weighted by molar-refractivity contribution is 6.09. The number of hydrogen-bond donors (Lipinski definition) is 1. The van der Waals surface area contributed by atoms with Gasteiger partial charge in [0.2, 0.25) is 5.91 Å². The molecule has 0 atom stereocenters. The lowest BCUT2D eigenvalue weighted by Crippen LogP contribution is -2.27. The van der Waals surface area contributed by atoms with E-state index < -0.39 is 5.82 Å². The molecule has 0 saturated carbocycles. The van der Waals surface area contributed by atoms with E-state index in [4.69, 9.17) is 0 Å². The van der Waals surface area contributed by atoms with Gasteiger partial charge >= 0.3 is 0 Å². The van der Waals surface area contributed by atoms with Crippen molar-refractivity contribution >= 4 is 22.7 Å². The van der Waals surface area contributed by atoms with Gasteiger partial charge in [0.05, 0.1) is 11.1 Å². The maximum Gasteiger partial charge on any atom is 0.253 e. The molecular weight excluding hydrogens is 285 g/mol. The number of aromatic nitrogens is 1. The van der Waals surface area contributed by atoms with Gasteiger partial charge in [0.15, 0.2) is 0 Å². The Balaban J connectivity index is 2.24. The van der Waals surface area contributed by atoms with Crippen LogP contribution in [0.2, 0.25) is 0 Å². The number of nitrogens with one attached hydrogen (secondary N) is 1. The molecule has 22 heavy (non-hydrogen) atoms. The number of hydrogen-bond acceptors (Lipinski definition) is 3. The van der Waals surface area contributed by atoms with Crippen LogP contribution in [-0.4, -0.2) is 48.5 Å². The van der Waals surface area contributed by atoms with Gasteiger partial charge in [-0.2, -0.15) is 0 Å². The van der Waals surface area contributed by atoms with Crippen LogP contribution in [0.3, 0.4) is 0 Å². The van der Waals surface area contributed by atoms with E-state index >= 15 is 0 Å². The normalized spacial score (nSPS) is 11.1. The number of fused-ring (bicyclic) bond motifs is 1. The topological polar surface area (TPSA) is 54.3 Å². The summed E-state index contributed by atoms with van der Waals surface area (Å²) in [4.78, 5) is 26.0. The summed E-state index contributed by atoms with van der Waals surface area (Å²) in [5.41, 5.74) is 0.849. The number of benzene rings is 1. The maximum atomic E-state index is 13.5. The number of nitrogens with zero attached hydrogens (tertiary/aromatic N) is 2. The molecule has 1 aromatic carbocycles. The van der Waals surface area contributed by atoms with Gasteiger partial charge in [-0.1, -0.05) is 0 Å². The van der Waals surface area contributed by atoms with E-state index in [0.29, 0.717) is 23.0 Å². The minimum Gasteiger partial charge on any atom is -0.352 e. The van der Waals surface area contributed by atoms with Crippen molar-refractivity contribution in [1.82, 2.24) is 14.8 Å². The Morgan fingerprint density at radius 1 is 1.32 bits per heavy atom. The molecule has 0 unspecified atom stereocenters. The molecule has 0 saturated heterocycles. The molecule has 2 rings (SSSR count). The first-order chi connectivity index (χ1) is 10.4. The second-order valence-corrected chi connectivity index (χ2v) is 5.51. The summed E-state index contributed by atoms with van der Waals surface area (Å²) >= 11 is 0. The third-order valence-electron chi connectivity index (χ3n) is 3.42. The molecule has 0 spiro atoms. The van der Waals surface area contributed by atoms with Crippen LogP contribution >= 0.6 is 0 Å². The molecule has 0 aliphatic heterocycles. The number of halogens is 1. The van der Waals surface area contributed by atoms with Crippen molar-refractivity contribution in [1.29, 1.82) is 0 Å². The fourth-order valence-electron chi connectivity index (χ4n) is 2.34. The predicted octanol–water partition coefficient (Wildman–Crippen LogP) is 2.12. The SMILES string of the molecule is CC(=O)n1cc(C(=O)NCCCN(C)C)c2cc(F)ccc21. The summed E-state index contributed by atoms with van der Waals surface area (Å²) in [6.45, 7) is 2.80. The van der Waals surface area contributed by atoms with Crippen LogP contribution in [0, 0.1) is 5.82 Å². The lowest BCUT2D eigenvalue weighted by Gasteiger charge is -2.09. The Morgan fingerprint density at radius 3 is 2.68 bits per heavy atom. The minimum atomic E-state index is -0.435. The van der Waals surface area contributed by atoms with Crippen LogP contribution in [0.4, 0.5) is 4.39 Å². The number of amides is 1. The van der Waals surface area contributed by atoms with Crippen LogP contribution in [0.15, 0.2) is 24.4 Å². The van der Waals surface area contributed by atoms with Gasteiger partial charge < -0.3 is 10.2 Å². The van der Waals surface area contributed by atoms with E-state index in [-0.39, 0.29) is 11.8 Å². The van der Waals surface area contributed by atoms with E-state index in [2.05, 4.69) is 5.32 Å². The van der Waals surface area contributed by atoms with Crippen LogP contribution < -0.4 is 5.32 Å². The van der Waals surface area contributed by atoms with Crippen LogP contribution in [0.1, 0.15) is 28.5 Å². The van der Waals surface area contributed by atoms with Crippen molar-refractivity contribution in [3.63, 3.8) is 0 Å². The van der Waals surface area contributed by atoms with Gasteiger partial charge in [-0.05, 0) is 45.3 Å². The Hall–Kier alpha value is -2.21. The van der Waals surface area contributed by atoms with Gasteiger partial charge in [-0.3, -0.25) is 14.2 Å². The van der Waals surface area contributed by atoms with E-state index in [1.807, 2.05) is 19.0 Å². The summed E-state index contributed by atoms with van der Waals surface area (Å²) in [6, 6.07) is 4.07. The zero-order chi connectivity index (χ0) is 16.3. The Kier molecular flexibility index (Phi) is 4.92. The van der Waals surface area contributed by atoms with Gasteiger partial charge in [0.25, 0.3) is 5.91 Å². The summed E-state index contributed by atoms with van der Waals surface area (Å²) in [5, 5.41) is 3.25. The molecule has 6 heteroatoms. The third-order valence-corrected chi connectivity index (χ3v) is 3.42. The fourth-order valence-corrected chi connectivity index (χ4v) is 2.34. The predicted molar refractivity (Wildman–Crippen MR) is 83.7 cm³/mol. The Bertz CT molecular complexity index is 707. The second-order valence-electron chi connectivity index (χ2n) is 5.51. The molecule has 1 heterocycles. The van der Waals surface area contributed by atoms with Crippen molar-refractivity contribution in [3.8, 4) is 0 Å². The standard InChI is InChI=1S/C16H20FN3O2/c1-11(21)20-10-14(13-9-12(17)5-6-15(13)20)16(22)18-7-4-8-19(2)3/h5-6,9-10H,4,7-8H2,1-3H3,(H,18,22). The Labute approximate surface area is 128 Å². The molecule has 0 radical (unpaired) electrons. The largest absolute Gasteiger partial charge is 0.352 e. The molecule has 0 aliphatic rings. The summed E-state index contributed by atoms with van der Waals surface area (Å²) < 4.78 is 14.8. The maximum absolute atomic E-state index is 13.5. The van der Waals surface area contributed by atoms with E-state index in [9.17, 15) is 14.0 Å². The van der Waals surface area contributed by atoms with E-state index in [1.54, 1.807) is 0 Å². The van der Waals surface area contributed by atoms with Gasteiger partial charge in [0.1, 0.15) is 5.82 Å². The van der Waals surface area contributed by atoms with Crippen LogP contribution in [0.25, 0.3) is 10.9 Å². The highest BCUT2D eigenvalue weighted by atomic mass is 19.1. The van der Waals surface area contributed by atoms with Gasteiger partial charge in [0, 0.05) is 25.1 Å². The van der Waals surface area contributed by atoms with Crippen molar-refractivity contribution in [3.05, 3.63) is 35.8 Å². The molecule has 0 aliphatic carbocycles. The third kappa shape index (κ3) is 3.51. The van der Waals surface area contributed by atoms with Crippen molar-refractivity contribution in [2.24, 2.45) is 0 Å². The summed E-state index contributed by atoms with van der Waals surface area (Å²) in [5.74, 6) is -0.951. The zero-order valence-corrected chi connectivity index (χ0v) is 13.0. The quantitative estimate of drug-likeness (QED) is 0.861. The van der Waals surface area contributed by atoms with Gasteiger partial charge in [-0.25, -0.2) is 4.39 Å². The molecule has 118 valence electrons. The Morgan fingerprint density at radius 2 is 2.05 bits per heavy atom. The first-order valence-electron chi connectivity index (χ1n) is 7.14. The molecule has 0 fully saturated rings. The number of rotatable bonds is 5. The van der Waals surface area contributed by atoms with E-state index in [0.717, 1.165) is 13.0 Å². The fraction of sp³-hybridized carbons (Fsp3) is 0.375. The lowest BCUT2D eigenvalue weighted by atomic mass is 10.1. The highest BCUT2D eigenvalue weighted by Crippen LogP contribution is 2.22. The molecule has 2 aromatic rings. The number of carbonyl (C=O) groups is 2. The average Bonchev–Trinajstić information content (AvgIpc) is 2.82. The van der Waals surface area contributed by atoms with E-state index in [1.165, 1.54) is 35.9 Å². The molecule has 1 amide bonds. The first-order valence-corrected chi connectivity index (χ1v) is 7.14. The minimum absolute atomic E-state index is 0.219.